The molecule has 158 valence electrons. The average Bonchev–Trinajstić information content (AvgIpc) is 3.22. The Morgan fingerprint density at radius 2 is 1.60 bits per heavy atom. The maximum absolute atomic E-state index is 13.3. The van der Waals surface area contributed by atoms with E-state index in [9.17, 15) is 4.79 Å². The van der Waals surface area contributed by atoms with E-state index in [1.165, 1.54) is 11.8 Å². The van der Waals surface area contributed by atoms with Gasteiger partial charge in [-0.15, -0.1) is 5.10 Å². The monoisotopic (exact) mass is 413 g/mol. The lowest BCUT2D eigenvalue weighted by atomic mass is 10.1. The van der Waals surface area contributed by atoms with Gasteiger partial charge in [0.1, 0.15) is 23.9 Å². The van der Waals surface area contributed by atoms with Gasteiger partial charge in [0.25, 0.3) is 5.91 Å². The number of carbonyl (C=O) groups is 1. The molecular formula is C21H23N3O6. The van der Waals surface area contributed by atoms with Gasteiger partial charge in [0.05, 0.1) is 33.5 Å². The topological polar surface area (TPSA) is 93.9 Å². The molecule has 2 aromatic carbocycles. The third kappa shape index (κ3) is 4.52. The number of rotatable bonds is 9. The molecule has 0 fully saturated rings. The minimum Gasteiger partial charge on any atom is -0.497 e. The molecule has 1 heterocycles. The molecule has 1 aromatic heterocycles. The number of nitrogens with zero attached hydrogens (tertiary/aromatic N) is 3. The number of ether oxygens (including phenoxy) is 5. The Hall–Kier alpha value is -3.59. The van der Waals surface area contributed by atoms with Gasteiger partial charge in [0, 0.05) is 18.7 Å². The Labute approximate surface area is 174 Å². The van der Waals surface area contributed by atoms with Crippen molar-refractivity contribution in [3.8, 4) is 34.6 Å². The molecule has 3 aromatic rings. The van der Waals surface area contributed by atoms with Crippen LogP contribution in [0.4, 0.5) is 0 Å². The summed E-state index contributed by atoms with van der Waals surface area (Å²) in [7, 11) is 6.17. The van der Waals surface area contributed by atoms with Gasteiger partial charge in [0.15, 0.2) is 5.82 Å². The van der Waals surface area contributed by atoms with Crippen molar-refractivity contribution in [2.45, 2.75) is 0 Å². The van der Waals surface area contributed by atoms with E-state index in [1.54, 1.807) is 63.8 Å². The van der Waals surface area contributed by atoms with Crippen LogP contribution in [-0.2, 0) is 4.74 Å². The van der Waals surface area contributed by atoms with Gasteiger partial charge in [0.2, 0.25) is 0 Å². The van der Waals surface area contributed by atoms with E-state index in [0.717, 1.165) is 0 Å². The second-order valence-electron chi connectivity index (χ2n) is 6.07. The van der Waals surface area contributed by atoms with Crippen LogP contribution in [0.5, 0.6) is 23.3 Å². The van der Waals surface area contributed by atoms with Gasteiger partial charge in [-0.2, -0.15) is 9.67 Å². The third-order valence-electron chi connectivity index (χ3n) is 4.29. The highest BCUT2D eigenvalue weighted by Crippen LogP contribution is 2.28. The van der Waals surface area contributed by atoms with Crippen LogP contribution in [-0.4, -0.2) is 62.3 Å². The highest BCUT2D eigenvalue weighted by Gasteiger charge is 2.23. The molecule has 0 aliphatic carbocycles. The summed E-state index contributed by atoms with van der Waals surface area (Å²) in [6.07, 6.45) is 0. The second kappa shape index (κ2) is 9.75. The van der Waals surface area contributed by atoms with E-state index in [1.807, 2.05) is 0 Å². The van der Waals surface area contributed by atoms with Gasteiger partial charge in [-0.05, 0) is 36.4 Å². The van der Waals surface area contributed by atoms with Crippen molar-refractivity contribution in [2.24, 2.45) is 0 Å². The minimum atomic E-state index is -0.422. The minimum absolute atomic E-state index is 0.0682. The second-order valence-corrected chi connectivity index (χ2v) is 6.07. The summed E-state index contributed by atoms with van der Waals surface area (Å²) in [5, 5.41) is 4.26. The van der Waals surface area contributed by atoms with E-state index in [0.29, 0.717) is 40.8 Å². The molecule has 0 saturated heterocycles. The zero-order chi connectivity index (χ0) is 21.5. The number of benzene rings is 2. The number of carbonyl (C=O) groups excluding carboxylic acids is 1. The van der Waals surface area contributed by atoms with Crippen LogP contribution in [0.2, 0.25) is 0 Å². The van der Waals surface area contributed by atoms with E-state index < -0.39 is 5.91 Å². The Bertz CT molecular complexity index is 1000. The van der Waals surface area contributed by atoms with E-state index in [2.05, 4.69) is 10.1 Å². The van der Waals surface area contributed by atoms with Crippen LogP contribution in [0.15, 0.2) is 42.5 Å². The molecule has 0 radical (unpaired) electrons. The summed E-state index contributed by atoms with van der Waals surface area (Å²) in [4.78, 5) is 17.7. The summed E-state index contributed by atoms with van der Waals surface area (Å²) < 4.78 is 27.5. The smallest absolute Gasteiger partial charge is 0.336 e. The maximum atomic E-state index is 13.3. The van der Waals surface area contributed by atoms with Crippen molar-refractivity contribution in [3.63, 3.8) is 0 Å². The first-order chi connectivity index (χ1) is 14.6. The molecule has 0 aliphatic heterocycles. The highest BCUT2D eigenvalue weighted by atomic mass is 16.5. The SMILES string of the molecule is COCCOc1nc(-c2ccc(OC)cc2)n(C(=O)c2ccc(OC)cc2OC)n1. The van der Waals surface area contributed by atoms with Crippen molar-refractivity contribution in [1.82, 2.24) is 14.8 Å². The fourth-order valence-electron chi connectivity index (χ4n) is 2.73. The molecule has 9 heteroatoms. The zero-order valence-electron chi connectivity index (χ0n) is 17.2. The van der Waals surface area contributed by atoms with Gasteiger partial charge >= 0.3 is 6.01 Å². The first-order valence-electron chi connectivity index (χ1n) is 9.11. The zero-order valence-corrected chi connectivity index (χ0v) is 17.2. The number of hydrogen-bond acceptors (Lipinski definition) is 8. The molecule has 0 saturated carbocycles. The maximum Gasteiger partial charge on any atom is 0.336 e. The van der Waals surface area contributed by atoms with Crippen molar-refractivity contribution >= 4 is 5.91 Å². The van der Waals surface area contributed by atoms with Gasteiger partial charge in [-0.1, -0.05) is 0 Å². The van der Waals surface area contributed by atoms with Crippen molar-refractivity contribution < 1.29 is 28.5 Å². The molecular weight excluding hydrogens is 390 g/mol. The first kappa shape index (κ1) is 21.1. The summed E-state index contributed by atoms with van der Waals surface area (Å²) in [5.74, 6) is 1.52. The summed E-state index contributed by atoms with van der Waals surface area (Å²) >= 11 is 0. The molecule has 0 spiro atoms. The van der Waals surface area contributed by atoms with E-state index in [4.69, 9.17) is 23.7 Å². The molecule has 0 atom stereocenters. The van der Waals surface area contributed by atoms with Crippen LogP contribution in [0.25, 0.3) is 11.4 Å². The lowest BCUT2D eigenvalue weighted by Crippen LogP contribution is -2.16. The lowest BCUT2D eigenvalue weighted by molar-refractivity contribution is 0.0940. The normalized spacial score (nSPS) is 10.5. The first-order valence-corrected chi connectivity index (χ1v) is 9.11. The van der Waals surface area contributed by atoms with E-state index in [-0.39, 0.29) is 12.6 Å². The van der Waals surface area contributed by atoms with Crippen LogP contribution in [0, 0.1) is 0 Å². The van der Waals surface area contributed by atoms with Crippen molar-refractivity contribution in [2.75, 3.05) is 41.7 Å². The predicted molar refractivity (Wildman–Crippen MR) is 109 cm³/mol. The fourth-order valence-corrected chi connectivity index (χ4v) is 2.73. The third-order valence-corrected chi connectivity index (χ3v) is 4.29. The van der Waals surface area contributed by atoms with Crippen LogP contribution in [0.3, 0.4) is 0 Å². The molecule has 0 unspecified atom stereocenters. The Balaban J connectivity index is 2.04. The number of aromatic nitrogens is 3. The van der Waals surface area contributed by atoms with Crippen LogP contribution in [0.1, 0.15) is 10.4 Å². The predicted octanol–water partition coefficient (Wildman–Crippen LogP) is 2.68. The summed E-state index contributed by atoms with van der Waals surface area (Å²) in [6.45, 7) is 0.620. The molecule has 0 bridgehead atoms. The Kier molecular flexibility index (Phi) is 6.87. The fraction of sp³-hybridized carbons (Fsp3) is 0.286. The lowest BCUT2D eigenvalue weighted by Gasteiger charge is -2.10. The largest absolute Gasteiger partial charge is 0.497 e. The van der Waals surface area contributed by atoms with E-state index >= 15 is 0 Å². The van der Waals surface area contributed by atoms with Crippen molar-refractivity contribution in [1.29, 1.82) is 0 Å². The summed E-state index contributed by atoms with van der Waals surface area (Å²) in [5.41, 5.74) is 0.979. The van der Waals surface area contributed by atoms with Crippen molar-refractivity contribution in [3.05, 3.63) is 48.0 Å². The molecule has 0 amide bonds. The number of methoxy groups -OCH3 is 4. The molecule has 30 heavy (non-hydrogen) atoms. The van der Waals surface area contributed by atoms with Crippen LogP contribution < -0.4 is 18.9 Å². The Morgan fingerprint density at radius 1 is 0.900 bits per heavy atom. The van der Waals surface area contributed by atoms with Gasteiger partial charge in [-0.25, -0.2) is 0 Å². The summed E-state index contributed by atoms with van der Waals surface area (Å²) in [6, 6.07) is 12.1. The number of hydrogen-bond donors (Lipinski definition) is 0. The van der Waals surface area contributed by atoms with Gasteiger partial charge in [-0.3, -0.25) is 4.79 Å². The molecule has 0 aliphatic rings. The standard InChI is InChI=1S/C21H23N3O6/c1-26-11-12-30-21-22-19(14-5-7-15(27-2)8-6-14)24(23-21)20(25)17-10-9-16(28-3)13-18(17)29-4/h5-10,13H,11-12H2,1-4H3. The molecule has 0 N–H and O–H groups in total. The van der Waals surface area contributed by atoms with Crippen LogP contribution >= 0.6 is 0 Å². The molecule has 9 nitrogen and oxygen atoms in total. The molecule has 3 rings (SSSR count). The quantitative estimate of drug-likeness (QED) is 0.494. The van der Waals surface area contributed by atoms with Gasteiger partial charge < -0.3 is 23.7 Å². The Morgan fingerprint density at radius 3 is 2.23 bits per heavy atom. The average molecular weight is 413 g/mol. The highest BCUT2D eigenvalue weighted by molar-refractivity contribution is 6.00.